The molecule has 2 saturated carbocycles. The quantitative estimate of drug-likeness (QED) is 0.155. The molecule has 3 saturated heterocycles. The van der Waals surface area contributed by atoms with E-state index in [1.54, 1.807) is 6.92 Å². The van der Waals surface area contributed by atoms with Crippen molar-refractivity contribution < 1.29 is 74.1 Å². The van der Waals surface area contributed by atoms with Crippen LogP contribution >= 0.6 is 0 Å². The summed E-state index contributed by atoms with van der Waals surface area (Å²) in [6, 6.07) is 0. The van der Waals surface area contributed by atoms with E-state index in [-0.39, 0.29) is 28.1 Å². The number of hydrogen-bond acceptors (Lipinski definition) is 15. The van der Waals surface area contributed by atoms with E-state index < -0.39 is 98.7 Å². The van der Waals surface area contributed by atoms with Crippen LogP contribution in [0.5, 0.6) is 0 Å². The fourth-order valence-corrected chi connectivity index (χ4v) is 11.4. The zero-order valence-corrected chi connectivity index (χ0v) is 32.6. The van der Waals surface area contributed by atoms with Gasteiger partial charge in [-0.2, -0.15) is 0 Å². The molecule has 0 amide bonds. The number of aliphatic hydroxyl groups is 8. The second-order valence-corrected chi connectivity index (χ2v) is 18.0. The Morgan fingerprint density at radius 3 is 1.91 bits per heavy atom. The van der Waals surface area contributed by atoms with E-state index in [9.17, 15) is 45.6 Å². The highest BCUT2D eigenvalue weighted by Crippen LogP contribution is 2.70. The Bertz CT molecular complexity index is 1490. The predicted octanol–water partition coefficient (Wildman–Crippen LogP) is 0.353. The summed E-state index contributed by atoms with van der Waals surface area (Å²) in [6.07, 6.45) is -11.6. The van der Waals surface area contributed by atoms with Crippen LogP contribution in [0.4, 0.5) is 0 Å². The zero-order chi connectivity index (χ0) is 39.9. The number of allylic oxidation sites excluding steroid dienone is 3. The van der Waals surface area contributed by atoms with Crippen molar-refractivity contribution in [3.63, 3.8) is 0 Å². The van der Waals surface area contributed by atoms with Gasteiger partial charge in [0, 0.05) is 5.41 Å². The highest BCUT2D eigenvalue weighted by molar-refractivity contribution is 5.95. The van der Waals surface area contributed by atoms with Crippen molar-refractivity contribution in [2.75, 3.05) is 6.61 Å². The van der Waals surface area contributed by atoms with Crippen molar-refractivity contribution in [2.45, 2.75) is 185 Å². The van der Waals surface area contributed by atoms with Crippen molar-refractivity contribution in [3.05, 3.63) is 23.3 Å². The molecule has 21 atom stereocenters. The van der Waals surface area contributed by atoms with E-state index in [4.69, 9.17) is 28.4 Å². The molecule has 8 N–H and O–H groups in total. The third-order valence-electron chi connectivity index (χ3n) is 15.1. The molecule has 4 aliphatic carbocycles. The molecule has 3 heterocycles. The van der Waals surface area contributed by atoms with Gasteiger partial charge in [0.1, 0.15) is 61.0 Å². The molecule has 0 bridgehead atoms. The summed E-state index contributed by atoms with van der Waals surface area (Å²) in [5, 5.41) is 85.3. The van der Waals surface area contributed by atoms with E-state index in [1.807, 2.05) is 0 Å². The molecule has 15 heteroatoms. The van der Waals surface area contributed by atoms with Gasteiger partial charge in [0.05, 0.1) is 24.9 Å². The first-order valence-electron chi connectivity index (χ1n) is 20.1. The largest absolute Gasteiger partial charge is 0.394 e. The van der Waals surface area contributed by atoms with Crippen LogP contribution in [0.15, 0.2) is 23.3 Å². The molecule has 55 heavy (non-hydrogen) atoms. The first-order chi connectivity index (χ1) is 25.9. The molecule has 3 aliphatic heterocycles. The Morgan fingerprint density at radius 2 is 1.33 bits per heavy atom. The number of Topliss-reactive ketones (excluding diaryl/α,β-unsaturated/α-hetero) is 1. The van der Waals surface area contributed by atoms with Crippen molar-refractivity contribution in [1.82, 2.24) is 0 Å². The molecule has 7 rings (SSSR count). The molecule has 7 aliphatic rings. The fraction of sp³-hybridized carbons (Fsp3) is 0.875. The number of hydrogen-bond donors (Lipinski definition) is 8. The molecular formula is C40H62O15. The summed E-state index contributed by atoms with van der Waals surface area (Å²) in [6.45, 7) is 11.0. The zero-order valence-electron chi connectivity index (χ0n) is 32.6. The smallest absolute Gasteiger partial charge is 0.187 e. The molecule has 21 unspecified atom stereocenters. The lowest BCUT2D eigenvalue weighted by Gasteiger charge is -2.62. The minimum absolute atomic E-state index is 0.0224. The first-order valence-corrected chi connectivity index (χ1v) is 20.1. The Balaban J connectivity index is 1.11. The van der Waals surface area contributed by atoms with Gasteiger partial charge >= 0.3 is 0 Å². The summed E-state index contributed by atoms with van der Waals surface area (Å²) in [5.74, 6) is 1.01. The van der Waals surface area contributed by atoms with Crippen molar-refractivity contribution in [3.8, 4) is 0 Å². The SMILES string of the molecule is CC(=O)C1=CCC2(C)C3CC=C4CC(OC5OC(CO)C(OC6OC(C)C(O)C(O)C6O)C(O)C5OC5OC(C)C(O)C(O)C5O)CCC4(C)C3CCC12C. The highest BCUT2D eigenvalue weighted by Gasteiger charge is 2.63. The summed E-state index contributed by atoms with van der Waals surface area (Å²) >= 11 is 0. The molecule has 5 fully saturated rings. The number of ketones is 1. The third-order valence-corrected chi connectivity index (χ3v) is 15.1. The van der Waals surface area contributed by atoms with Crippen LogP contribution in [0.1, 0.15) is 86.5 Å². The van der Waals surface area contributed by atoms with Gasteiger partial charge < -0.3 is 69.3 Å². The van der Waals surface area contributed by atoms with Crippen molar-refractivity contribution in [1.29, 1.82) is 0 Å². The lowest BCUT2D eigenvalue weighted by Crippen LogP contribution is -2.66. The van der Waals surface area contributed by atoms with Gasteiger partial charge in [-0.05, 0) is 94.0 Å². The standard InChI is InChI=1S/C40H62O15/c1-17(42)22-10-13-40(6)24-8-7-20-15-21(9-12-38(20,4)23(24)11-14-39(22,40)5)52-37-34(55-36-31(48)29(46)27(44)19(3)51-36)32(49)33(25(16-41)53-37)54-35-30(47)28(45)26(43)18(2)50-35/h7,10,18-19,21,23-37,41,43-49H,8-9,11-16H2,1-6H3. The second-order valence-electron chi connectivity index (χ2n) is 18.0. The minimum Gasteiger partial charge on any atom is -0.394 e. The summed E-state index contributed by atoms with van der Waals surface area (Å²) in [4.78, 5) is 12.7. The number of rotatable bonds is 8. The van der Waals surface area contributed by atoms with Crippen LogP contribution in [-0.4, -0.2) is 151 Å². The summed E-state index contributed by atoms with van der Waals surface area (Å²) < 4.78 is 36.3. The van der Waals surface area contributed by atoms with E-state index in [1.165, 1.54) is 19.4 Å². The average molecular weight is 783 g/mol. The molecular weight excluding hydrogens is 720 g/mol. The lowest BCUT2D eigenvalue weighted by atomic mass is 9.42. The van der Waals surface area contributed by atoms with Gasteiger partial charge in [-0.1, -0.05) is 38.5 Å². The maximum Gasteiger partial charge on any atom is 0.187 e. The number of aliphatic hydroxyl groups excluding tert-OH is 8. The molecule has 312 valence electrons. The summed E-state index contributed by atoms with van der Waals surface area (Å²) in [5.41, 5.74) is 2.02. The Labute approximate surface area is 322 Å². The second kappa shape index (κ2) is 15.3. The van der Waals surface area contributed by atoms with Crippen LogP contribution in [0.25, 0.3) is 0 Å². The lowest BCUT2D eigenvalue weighted by molar-refractivity contribution is -0.388. The highest BCUT2D eigenvalue weighted by atomic mass is 16.8. The summed E-state index contributed by atoms with van der Waals surface area (Å²) in [7, 11) is 0. The minimum atomic E-state index is -1.72. The maximum absolute atomic E-state index is 12.7. The monoisotopic (exact) mass is 782 g/mol. The van der Waals surface area contributed by atoms with Crippen LogP contribution in [0.3, 0.4) is 0 Å². The number of ether oxygens (including phenoxy) is 6. The molecule has 0 aromatic carbocycles. The number of fused-ring (bicyclic) bond motifs is 5. The fourth-order valence-electron chi connectivity index (χ4n) is 11.4. The number of carbonyl (C=O) groups excluding carboxylic acids is 1. The van der Waals surface area contributed by atoms with Gasteiger partial charge in [-0.15, -0.1) is 0 Å². The first kappa shape index (κ1) is 41.7. The molecule has 0 aromatic rings. The van der Waals surface area contributed by atoms with Gasteiger partial charge in [-0.3, -0.25) is 4.79 Å². The maximum atomic E-state index is 12.7. The van der Waals surface area contributed by atoms with Gasteiger partial charge in [0.2, 0.25) is 0 Å². The third kappa shape index (κ3) is 6.81. The normalized spacial score (nSPS) is 54.1. The Hall–Kier alpha value is -1.41. The molecule has 15 nitrogen and oxygen atoms in total. The molecule has 0 aromatic heterocycles. The predicted molar refractivity (Wildman–Crippen MR) is 192 cm³/mol. The van der Waals surface area contributed by atoms with Crippen LogP contribution in [0.2, 0.25) is 0 Å². The Kier molecular flexibility index (Phi) is 11.6. The van der Waals surface area contributed by atoms with Crippen LogP contribution in [0, 0.1) is 28.1 Å². The van der Waals surface area contributed by atoms with Gasteiger partial charge in [0.25, 0.3) is 0 Å². The van der Waals surface area contributed by atoms with E-state index in [2.05, 4.69) is 32.9 Å². The van der Waals surface area contributed by atoms with Crippen LogP contribution in [-0.2, 0) is 33.2 Å². The average Bonchev–Trinajstić information content (AvgIpc) is 3.44. The van der Waals surface area contributed by atoms with Gasteiger partial charge in [-0.25, -0.2) is 0 Å². The van der Waals surface area contributed by atoms with Gasteiger partial charge in [0.15, 0.2) is 24.7 Å². The molecule has 0 radical (unpaired) electrons. The van der Waals surface area contributed by atoms with Crippen LogP contribution < -0.4 is 0 Å². The van der Waals surface area contributed by atoms with Crippen molar-refractivity contribution in [2.24, 2.45) is 28.1 Å². The van der Waals surface area contributed by atoms with E-state index in [0.717, 1.165) is 37.7 Å². The number of carbonyl (C=O) groups is 1. The van der Waals surface area contributed by atoms with E-state index in [0.29, 0.717) is 24.7 Å². The molecule has 0 spiro atoms. The topological polar surface area (TPSA) is 234 Å². The van der Waals surface area contributed by atoms with E-state index >= 15 is 0 Å². The Morgan fingerprint density at radius 1 is 0.727 bits per heavy atom. The van der Waals surface area contributed by atoms with Crippen molar-refractivity contribution >= 4 is 5.78 Å².